The Kier molecular flexibility index (Phi) is 6.96. The van der Waals surface area contributed by atoms with Crippen LogP contribution >= 0.6 is 35.0 Å². The normalized spacial score (nSPS) is 12.4. The topological polar surface area (TPSA) is 64.4 Å². The maximum atomic E-state index is 12.6. The third kappa shape index (κ3) is 5.75. The molecular weight excluding hydrogens is 455 g/mol. The van der Waals surface area contributed by atoms with Crippen LogP contribution in [0.15, 0.2) is 41.3 Å². The lowest BCUT2D eigenvalue weighted by Gasteiger charge is -2.25. The number of hydrogen-bond acceptors (Lipinski definition) is 5. The summed E-state index contributed by atoms with van der Waals surface area (Å²) in [5.41, 5.74) is 1.57. The molecule has 3 rings (SSSR count). The van der Waals surface area contributed by atoms with Gasteiger partial charge in [0, 0.05) is 25.9 Å². The molecule has 1 aromatic heterocycles. The summed E-state index contributed by atoms with van der Waals surface area (Å²) in [6.07, 6.45) is 0. The molecule has 0 atom stereocenters. The van der Waals surface area contributed by atoms with E-state index < -0.39 is 10.3 Å². The number of aromatic nitrogens is 2. The molecule has 0 fully saturated rings. The highest BCUT2D eigenvalue weighted by atomic mass is 35.5. The molecule has 0 unspecified atom stereocenters. The fourth-order valence-electron chi connectivity index (χ4n) is 3.09. The number of carbonyl (C=O) groups excluding carboxylic acids is 1. The minimum absolute atomic E-state index is 0.0561. The quantitative estimate of drug-likeness (QED) is 0.337. The molecule has 0 spiro atoms. The van der Waals surface area contributed by atoms with Gasteiger partial charge in [0.15, 0.2) is 0 Å². The van der Waals surface area contributed by atoms with Crippen molar-refractivity contribution in [3.8, 4) is 0 Å². The van der Waals surface area contributed by atoms with Gasteiger partial charge in [0.25, 0.3) is 0 Å². The molecular formula is C23H26Cl2N2O3S. The molecule has 0 amide bonds. The van der Waals surface area contributed by atoms with Crippen molar-refractivity contribution in [1.29, 1.82) is 0 Å². The van der Waals surface area contributed by atoms with Gasteiger partial charge in [-0.1, -0.05) is 29.3 Å². The number of fused-ring (bicyclic) bond motifs is 1. The number of halogens is 2. The van der Waals surface area contributed by atoms with Gasteiger partial charge in [0.2, 0.25) is 0 Å². The third-order valence-corrected chi connectivity index (χ3v) is 6.57. The van der Waals surface area contributed by atoms with Crippen LogP contribution in [0.1, 0.15) is 39.0 Å². The molecule has 31 heavy (non-hydrogen) atoms. The molecule has 2 aromatic carbocycles. The van der Waals surface area contributed by atoms with Crippen molar-refractivity contribution >= 4 is 51.8 Å². The second-order valence-electron chi connectivity index (χ2n) is 8.62. The predicted octanol–water partition coefficient (Wildman–Crippen LogP) is 5.88. The number of ether oxygens (including phenoxy) is 1. The molecule has 0 aliphatic heterocycles. The van der Waals surface area contributed by atoms with Gasteiger partial charge >= 0.3 is 5.97 Å². The van der Waals surface area contributed by atoms with Gasteiger partial charge in [-0.2, -0.15) is 5.10 Å². The fraction of sp³-hybridized carbons (Fsp3) is 0.391. The van der Waals surface area contributed by atoms with E-state index in [0.29, 0.717) is 16.6 Å². The number of nitrogens with zero attached hydrogens (tertiary/aromatic N) is 2. The summed E-state index contributed by atoms with van der Waals surface area (Å²) in [5.74, 6) is -0.382. The molecule has 0 radical (unpaired) electrons. The molecule has 1 N–H and O–H groups in total. The van der Waals surface area contributed by atoms with E-state index >= 15 is 0 Å². The molecule has 0 aliphatic rings. The second-order valence-corrected chi connectivity index (χ2v) is 11.1. The summed E-state index contributed by atoms with van der Waals surface area (Å²) in [6, 6.07) is 11.4. The number of benzene rings is 2. The molecule has 166 valence electrons. The largest absolute Gasteiger partial charge is 0.462 e. The highest BCUT2D eigenvalue weighted by Gasteiger charge is 2.32. The van der Waals surface area contributed by atoms with E-state index in [-0.39, 0.29) is 12.6 Å². The first-order chi connectivity index (χ1) is 14.4. The summed E-state index contributed by atoms with van der Waals surface area (Å²) in [7, 11) is 0. The lowest BCUT2D eigenvalue weighted by atomic mass is 10.1. The molecule has 0 bridgehead atoms. The summed E-state index contributed by atoms with van der Waals surface area (Å²) in [4.78, 5) is 13.5. The average molecular weight is 481 g/mol. The number of rotatable bonds is 7. The predicted molar refractivity (Wildman–Crippen MR) is 127 cm³/mol. The zero-order valence-corrected chi connectivity index (χ0v) is 20.5. The summed E-state index contributed by atoms with van der Waals surface area (Å²) in [5, 5.41) is 16.7. The second kappa shape index (κ2) is 9.02. The van der Waals surface area contributed by atoms with Crippen molar-refractivity contribution < 1.29 is 14.6 Å². The Balaban J connectivity index is 1.88. The molecule has 3 aromatic rings. The zero-order valence-electron chi connectivity index (χ0n) is 18.2. The first-order valence-corrected chi connectivity index (χ1v) is 11.4. The van der Waals surface area contributed by atoms with Crippen LogP contribution < -0.4 is 0 Å². The summed E-state index contributed by atoms with van der Waals surface area (Å²) in [6.45, 7) is 9.15. The van der Waals surface area contributed by atoms with E-state index in [0.717, 1.165) is 27.1 Å². The highest BCUT2D eigenvalue weighted by molar-refractivity contribution is 8.01. The molecule has 1 heterocycles. The van der Waals surface area contributed by atoms with Gasteiger partial charge in [-0.05, 0) is 65.0 Å². The Bertz CT molecular complexity index is 1100. The van der Waals surface area contributed by atoms with Crippen molar-refractivity contribution in [3.63, 3.8) is 0 Å². The molecule has 0 saturated carbocycles. The standard InChI is InChI=1S/C23H26Cl2N2O3S/c1-14-16-10-9-15(31-23(4,5)21(28)30-13-22(2,3)29)11-20(16)27(26-14)12-17-18(24)7-6-8-19(17)25/h6-11,29H,12-13H2,1-5H3. The molecule has 0 aliphatic carbocycles. The molecule has 5 nitrogen and oxygen atoms in total. The Labute approximate surface area is 196 Å². The van der Waals surface area contributed by atoms with Crippen LogP contribution in [-0.4, -0.2) is 37.8 Å². The van der Waals surface area contributed by atoms with Crippen LogP contribution in [0.2, 0.25) is 10.0 Å². The van der Waals surface area contributed by atoms with E-state index in [9.17, 15) is 9.90 Å². The van der Waals surface area contributed by atoms with Crippen molar-refractivity contribution in [3.05, 3.63) is 57.7 Å². The van der Waals surface area contributed by atoms with Crippen LogP contribution in [0.25, 0.3) is 10.9 Å². The first kappa shape index (κ1) is 23.9. The van der Waals surface area contributed by atoms with Crippen LogP contribution in [0.5, 0.6) is 0 Å². The van der Waals surface area contributed by atoms with Crippen molar-refractivity contribution in [2.75, 3.05) is 6.61 Å². The van der Waals surface area contributed by atoms with E-state index in [1.807, 2.05) is 48.0 Å². The summed E-state index contributed by atoms with van der Waals surface area (Å²) < 4.78 is 6.36. The van der Waals surface area contributed by atoms with E-state index in [1.54, 1.807) is 27.7 Å². The number of carbonyl (C=O) groups is 1. The fourth-order valence-corrected chi connectivity index (χ4v) is 4.64. The Morgan fingerprint density at radius 3 is 2.42 bits per heavy atom. The van der Waals surface area contributed by atoms with Crippen molar-refractivity contribution in [1.82, 2.24) is 9.78 Å². The smallest absolute Gasteiger partial charge is 0.322 e. The minimum Gasteiger partial charge on any atom is -0.462 e. The van der Waals surface area contributed by atoms with Gasteiger partial charge in [0.1, 0.15) is 11.4 Å². The number of aryl methyl sites for hydroxylation is 1. The Hall–Kier alpha value is -1.73. The first-order valence-electron chi connectivity index (χ1n) is 9.86. The molecule has 8 heteroatoms. The lowest BCUT2D eigenvalue weighted by molar-refractivity contribution is -0.151. The number of hydrogen-bond donors (Lipinski definition) is 1. The SMILES string of the molecule is Cc1nn(Cc2c(Cl)cccc2Cl)c2cc(SC(C)(C)C(=O)OCC(C)(C)O)ccc12. The van der Waals surface area contributed by atoms with E-state index in [2.05, 4.69) is 5.10 Å². The zero-order chi connectivity index (χ0) is 23.0. The van der Waals surface area contributed by atoms with Gasteiger partial charge in [0.05, 0.1) is 23.4 Å². The maximum absolute atomic E-state index is 12.6. The minimum atomic E-state index is -1.07. The number of thioether (sulfide) groups is 1. The third-order valence-electron chi connectivity index (χ3n) is 4.70. The van der Waals surface area contributed by atoms with Crippen LogP contribution in [0, 0.1) is 6.92 Å². The van der Waals surface area contributed by atoms with Crippen molar-refractivity contribution in [2.45, 2.75) is 56.4 Å². The lowest BCUT2D eigenvalue weighted by Crippen LogP contribution is -2.35. The van der Waals surface area contributed by atoms with Crippen LogP contribution in [-0.2, 0) is 16.1 Å². The van der Waals surface area contributed by atoms with Gasteiger partial charge in [-0.15, -0.1) is 11.8 Å². The monoisotopic (exact) mass is 480 g/mol. The van der Waals surface area contributed by atoms with E-state index in [4.69, 9.17) is 27.9 Å². The average Bonchev–Trinajstić information content (AvgIpc) is 2.97. The number of aliphatic hydroxyl groups is 1. The highest BCUT2D eigenvalue weighted by Crippen LogP contribution is 2.36. The number of esters is 1. The summed E-state index contributed by atoms with van der Waals surface area (Å²) >= 11 is 14.1. The van der Waals surface area contributed by atoms with Gasteiger partial charge in [-0.3, -0.25) is 9.48 Å². The van der Waals surface area contributed by atoms with Crippen LogP contribution in [0.4, 0.5) is 0 Å². The Morgan fingerprint density at radius 2 is 1.81 bits per heavy atom. The van der Waals surface area contributed by atoms with Crippen molar-refractivity contribution in [2.24, 2.45) is 0 Å². The molecule has 0 saturated heterocycles. The van der Waals surface area contributed by atoms with Gasteiger partial charge in [-0.25, -0.2) is 0 Å². The van der Waals surface area contributed by atoms with Gasteiger partial charge < -0.3 is 9.84 Å². The Morgan fingerprint density at radius 1 is 1.16 bits per heavy atom. The van der Waals surface area contributed by atoms with Crippen LogP contribution in [0.3, 0.4) is 0 Å². The van der Waals surface area contributed by atoms with E-state index in [1.165, 1.54) is 11.8 Å². The maximum Gasteiger partial charge on any atom is 0.322 e.